The maximum atomic E-state index is 11.6. The van der Waals surface area contributed by atoms with Gasteiger partial charge in [-0.1, -0.05) is 6.92 Å². The van der Waals surface area contributed by atoms with E-state index in [9.17, 15) is 14.8 Å². The number of aromatic hydroxyl groups is 1. The average Bonchev–Trinajstić information content (AvgIpc) is 2.15. The van der Waals surface area contributed by atoms with Crippen LogP contribution in [0.4, 0.5) is 5.69 Å². The minimum atomic E-state index is -0.126. The zero-order valence-electron chi connectivity index (χ0n) is 8.36. The Kier molecular flexibility index (Phi) is 2.26. The Labute approximate surface area is 86.9 Å². The van der Waals surface area contributed by atoms with Crippen LogP contribution in [0.3, 0.4) is 0 Å². The van der Waals surface area contributed by atoms with E-state index in [0.29, 0.717) is 18.4 Å². The molecule has 1 N–H and O–H groups in total. The third kappa shape index (κ3) is 1.63. The number of carbonyl (C=O) groups excluding carboxylic acids is 1. The second-order valence-corrected chi connectivity index (χ2v) is 4.03. The molecule has 0 radical (unpaired) electrons. The molecule has 1 aromatic carbocycles. The quantitative estimate of drug-likeness (QED) is 0.716. The van der Waals surface area contributed by atoms with Crippen LogP contribution >= 0.6 is 0 Å². The summed E-state index contributed by atoms with van der Waals surface area (Å²) in [6, 6.07) is 2.81. The lowest BCUT2D eigenvalue weighted by Crippen LogP contribution is -2.17. The first kappa shape index (κ1) is 9.83. The molecule has 0 spiro atoms. The van der Waals surface area contributed by atoms with Crippen molar-refractivity contribution in [1.82, 2.24) is 0 Å². The number of phenolic OH excluding ortho intramolecular Hbond substituents is 1. The molecule has 0 aromatic heterocycles. The van der Waals surface area contributed by atoms with Crippen molar-refractivity contribution < 1.29 is 9.90 Å². The lowest BCUT2D eigenvalue weighted by atomic mass is 9.83. The Morgan fingerprint density at radius 3 is 2.80 bits per heavy atom. The van der Waals surface area contributed by atoms with Crippen LogP contribution in [0.25, 0.3) is 0 Å². The molecule has 78 valence electrons. The highest BCUT2D eigenvalue weighted by molar-refractivity contribution is 6.01. The summed E-state index contributed by atoms with van der Waals surface area (Å²) in [5.74, 6) is 0.0731. The number of fused-ring (bicyclic) bond motifs is 1. The second kappa shape index (κ2) is 3.46. The van der Waals surface area contributed by atoms with E-state index >= 15 is 0 Å². The maximum absolute atomic E-state index is 11.6. The Hall–Kier alpha value is -1.71. The molecule has 0 amide bonds. The smallest absolute Gasteiger partial charge is 0.167 e. The molecule has 1 unspecified atom stereocenters. The number of rotatable bonds is 1. The highest BCUT2D eigenvalue weighted by atomic mass is 16.3. The molecule has 0 fully saturated rings. The van der Waals surface area contributed by atoms with Crippen molar-refractivity contribution in [2.45, 2.75) is 19.8 Å². The van der Waals surface area contributed by atoms with Crippen molar-refractivity contribution in [3.8, 4) is 5.75 Å². The molecule has 1 atom stereocenters. The number of carbonyl (C=O) groups is 1. The van der Waals surface area contributed by atoms with Gasteiger partial charge >= 0.3 is 0 Å². The largest absolute Gasteiger partial charge is 0.507 e. The Morgan fingerprint density at radius 1 is 1.40 bits per heavy atom. The van der Waals surface area contributed by atoms with E-state index in [0.717, 1.165) is 5.56 Å². The van der Waals surface area contributed by atoms with Crippen LogP contribution < -0.4 is 0 Å². The predicted octanol–water partition coefficient (Wildman–Crippen LogP) is 2.56. The number of hydrogen-bond acceptors (Lipinski definition) is 4. The molecule has 0 saturated carbocycles. The molecule has 0 saturated heterocycles. The molecule has 1 aliphatic rings. The summed E-state index contributed by atoms with van der Waals surface area (Å²) in [6.07, 6.45) is 1.16. The number of Topliss-reactive ketones (excluding diaryl/α,β-unsaturated/α-hetero) is 1. The number of hydrogen-bond donors (Lipinski definition) is 1. The van der Waals surface area contributed by atoms with E-state index in [-0.39, 0.29) is 23.1 Å². The standard InChI is InChI=1S/C11H11NO3/c1-6-2-7-4-8(12-15)5-10(14)11(7)9(13)3-6/h4-6,14H,2-3H2,1H3. The third-order valence-corrected chi connectivity index (χ3v) is 2.67. The minimum Gasteiger partial charge on any atom is -0.507 e. The van der Waals surface area contributed by atoms with Crippen LogP contribution in [-0.2, 0) is 6.42 Å². The van der Waals surface area contributed by atoms with E-state index in [1.54, 1.807) is 6.07 Å². The number of benzene rings is 1. The van der Waals surface area contributed by atoms with E-state index in [4.69, 9.17) is 0 Å². The zero-order valence-corrected chi connectivity index (χ0v) is 8.36. The molecule has 0 heterocycles. The van der Waals surface area contributed by atoms with Crippen molar-refractivity contribution in [2.75, 3.05) is 0 Å². The fourth-order valence-electron chi connectivity index (χ4n) is 2.07. The second-order valence-electron chi connectivity index (χ2n) is 4.03. The summed E-state index contributed by atoms with van der Waals surface area (Å²) < 4.78 is 0. The average molecular weight is 205 g/mol. The van der Waals surface area contributed by atoms with Crippen LogP contribution in [0.15, 0.2) is 17.3 Å². The molecular weight excluding hydrogens is 194 g/mol. The van der Waals surface area contributed by atoms with Gasteiger partial charge in [0.15, 0.2) is 5.78 Å². The van der Waals surface area contributed by atoms with Gasteiger partial charge in [-0.2, -0.15) is 0 Å². The van der Waals surface area contributed by atoms with Gasteiger partial charge in [-0.15, -0.1) is 4.91 Å². The topological polar surface area (TPSA) is 66.7 Å². The monoisotopic (exact) mass is 205 g/mol. The van der Waals surface area contributed by atoms with Gasteiger partial charge in [0, 0.05) is 12.5 Å². The van der Waals surface area contributed by atoms with E-state index in [1.807, 2.05) is 6.92 Å². The molecule has 1 aliphatic carbocycles. The van der Waals surface area contributed by atoms with Gasteiger partial charge in [-0.3, -0.25) is 4.79 Å². The minimum absolute atomic E-state index is 0.0568. The van der Waals surface area contributed by atoms with Gasteiger partial charge in [0.05, 0.1) is 5.56 Å². The van der Waals surface area contributed by atoms with E-state index in [2.05, 4.69) is 5.18 Å². The maximum Gasteiger partial charge on any atom is 0.167 e. The van der Waals surface area contributed by atoms with Crippen molar-refractivity contribution in [3.63, 3.8) is 0 Å². The lowest BCUT2D eigenvalue weighted by Gasteiger charge is -2.21. The predicted molar refractivity (Wildman–Crippen MR) is 55.4 cm³/mol. The highest BCUT2D eigenvalue weighted by Crippen LogP contribution is 2.34. The Bertz CT molecular complexity index is 440. The summed E-state index contributed by atoms with van der Waals surface area (Å²) in [5.41, 5.74) is 1.27. The van der Waals surface area contributed by atoms with Crippen LogP contribution in [0.1, 0.15) is 29.3 Å². The fraction of sp³-hybridized carbons (Fsp3) is 0.364. The van der Waals surface area contributed by atoms with Gasteiger partial charge in [0.25, 0.3) is 0 Å². The Morgan fingerprint density at radius 2 is 2.13 bits per heavy atom. The van der Waals surface area contributed by atoms with Gasteiger partial charge in [0.2, 0.25) is 0 Å². The van der Waals surface area contributed by atoms with Gasteiger partial charge < -0.3 is 5.11 Å². The van der Waals surface area contributed by atoms with E-state index < -0.39 is 0 Å². The first-order valence-electron chi connectivity index (χ1n) is 4.84. The normalized spacial score (nSPS) is 19.8. The van der Waals surface area contributed by atoms with Crippen molar-refractivity contribution >= 4 is 11.5 Å². The van der Waals surface area contributed by atoms with Crippen LogP contribution in [0.2, 0.25) is 0 Å². The fourth-order valence-corrected chi connectivity index (χ4v) is 2.07. The number of ketones is 1. The van der Waals surface area contributed by atoms with Crippen molar-refractivity contribution in [2.24, 2.45) is 11.1 Å². The Balaban J connectivity index is 2.59. The molecule has 15 heavy (non-hydrogen) atoms. The van der Waals surface area contributed by atoms with Crippen LogP contribution in [-0.4, -0.2) is 10.9 Å². The zero-order chi connectivity index (χ0) is 11.0. The summed E-state index contributed by atoms with van der Waals surface area (Å²) >= 11 is 0. The van der Waals surface area contributed by atoms with Crippen molar-refractivity contribution in [3.05, 3.63) is 28.2 Å². The van der Waals surface area contributed by atoms with Gasteiger partial charge in [-0.05, 0) is 29.1 Å². The molecular formula is C11H11NO3. The first-order valence-corrected chi connectivity index (χ1v) is 4.84. The number of phenols is 1. The first-order chi connectivity index (χ1) is 7.11. The van der Waals surface area contributed by atoms with Crippen LogP contribution in [0.5, 0.6) is 5.75 Å². The van der Waals surface area contributed by atoms with Crippen LogP contribution in [0, 0.1) is 10.8 Å². The summed E-state index contributed by atoms with van der Waals surface area (Å²) in [4.78, 5) is 22.0. The SMILES string of the molecule is CC1CC(=O)c2c(O)cc(N=O)cc2C1. The molecule has 4 heteroatoms. The van der Waals surface area contributed by atoms with Gasteiger partial charge in [0.1, 0.15) is 11.4 Å². The third-order valence-electron chi connectivity index (χ3n) is 2.67. The number of nitroso groups, excluding NO2 is 1. The number of nitrogens with zero attached hydrogens (tertiary/aromatic N) is 1. The highest BCUT2D eigenvalue weighted by Gasteiger charge is 2.25. The molecule has 4 nitrogen and oxygen atoms in total. The summed E-state index contributed by atoms with van der Waals surface area (Å²) in [6.45, 7) is 1.97. The lowest BCUT2D eigenvalue weighted by molar-refractivity contribution is 0.0950. The molecule has 1 aromatic rings. The molecule has 2 rings (SSSR count). The van der Waals surface area contributed by atoms with Gasteiger partial charge in [-0.25, -0.2) is 0 Å². The molecule has 0 bridgehead atoms. The summed E-state index contributed by atoms with van der Waals surface area (Å²) in [7, 11) is 0. The van der Waals surface area contributed by atoms with Crippen molar-refractivity contribution in [1.29, 1.82) is 0 Å². The van der Waals surface area contributed by atoms with E-state index in [1.165, 1.54) is 6.07 Å². The molecule has 0 aliphatic heterocycles. The summed E-state index contributed by atoms with van der Waals surface area (Å²) in [5, 5.41) is 12.4.